The standard InChI is InChI=1S/C18H28N2O/c1-13(2)16-10-7-8-14(3)18(16)19-17(21)12-20-11-6-5-9-15(20)4/h7-8,10,13,15H,5-6,9,11-12H2,1-4H3,(H,19,21)/p+1/t15-/m1/s1. The highest BCUT2D eigenvalue weighted by Crippen LogP contribution is 2.27. The van der Waals surface area contributed by atoms with Gasteiger partial charge in [0.25, 0.3) is 5.91 Å². The quantitative estimate of drug-likeness (QED) is 0.877. The van der Waals surface area contributed by atoms with Crippen molar-refractivity contribution in [3.05, 3.63) is 29.3 Å². The van der Waals surface area contributed by atoms with Crippen LogP contribution in [0.3, 0.4) is 0 Å². The molecule has 3 heteroatoms. The minimum atomic E-state index is 0.148. The number of anilines is 1. The van der Waals surface area contributed by atoms with Gasteiger partial charge in [-0.2, -0.15) is 0 Å². The van der Waals surface area contributed by atoms with E-state index < -0.39 is 0 Å². The molecule has 0 saturated carbocycles. The van der Waals surface area contributed by atoms with Crippen LogP contribution >= 0.6 is 0 Å². The summed E-state index contributed by atoms with van der Waals surface area (Å²) in [5.41, 5.74) is 3.39. The number of carbonyl (C=O) groups is 1. The van der Waals surface area contributed by atoms with Crippen molar-refractivity contribution in [2.45, 2.75) is 58.9 Å². The van der Waals surface area contributed by atoms with Gasteiger partial charge in [-0.25, -0.2) is 0 Å². The van der Waals surface area contributed by atoms with Gasteiger partial charge in [-0.15, -0.1) is 0 Å². The van der Waals surface area contributed by atoms with Crippen LogP contribution in [-0.4, -0.2) is 25.0 Å². The van der Waals surface area contributed by atoms with E-state index in [1.54, 1.807) is 0 Å². The van der Waals surface area contributed by atoms with E-state index in [0.717, 1.165) is 17.8 Å². The highest BCUT2D eigenvalue weighted by molar-refractivity contribution is 5.93. The fourth-order valence-electron chi connectivity index (χ4n) is 3.25. The number of hydrogen-bond donors (Lipinski definition) is 2. The van der Waals surface area contributed by atoms with Crippen LogP contribution in [0.1, 0.15) is 57.1 Å². The van der Waals surface area contributed by atoms with Gasteiger partial charge in [0.2, 0.25) is 0 Å². The molecule has 0 aromatic heterocycles. The minimum absolute atomic E-state index is 0.148. The summed E-state index contributed by atoms with van der Waals surface area (Å²) in [7, 11) is 0. The van der Waals surface area contributed by atoms with Crippen LogP contribution in [0, 0.1) is 6.92 Å². The molecule has 1 heterocycles. The molecule has 0 radical (unpaired) electrons. The number of likely N-dealkylation sites (tertiary alicyclic amines) is 1. The molecule has 21 heavy (non-hydrogen) atoms. The number of piperidine rings is 1. The number of aryl methyl sites for hydroxylation is 1. The van der Waals surface area contributed by atoms with Gasteiger partial charge < -0.3 is 10.2 Å². The van der Waals surface area contributed by atoms with Crippen molar-refractivity contribution in [3.63, 3.8) is 0 Å². The van der Waals surface area contributed by atoms with Crippen LogP contribution in [0.4, 0.5) is 5.69 Å². The van der Waals surface area contributed by atoms with Crippen LogP contribution in [0.5, 0.6) is 0 Å². The van der Waals surface area contributed by atoms with Gasteiger partial charge in [0.1, 0.15) is 0 Å². The van der Waals surface area contributed by atoms with Gasteiger partial charge in [0, 0.05) is 5.69 Å². The largest absolute Gasteiger partial charge is 0.325 e. The zero-order valence-corrected chi connectivity index (χ0v) is 13.8. The summed E-state index contributed by atoms with van der Waals surface area (Å²) in [6.45, 7) is 10.4. The summed E-state index contributed by atoms with van der Waals surface area (Å²) in [6, 6.07) is 6.85. The molecule has 2 rings (SSSR count). The van der Waals surface area contributed by atoms with Gasteiger partial charge in [-0.05, 0) is 50.2 Å². The fraction of sp³-hybridized carbons (Fsp3) is 0.611. The molecule has 3 nitrogen and oxygen atoms in total. The smallest absolute Gasteiger partial charge is 0.279 e. The van der Waals surface area contributed by atoms with Gasteiger partial charge in [0.15, 0.2) is 6.54 Å². The van der Waals surface area contributed by atoms with Crippen molar-refractivity contribution in [3.8, 4) is 0 Å². The number of amides is 1. The zero-order valence-electron chi connectivity index (χ0n) is 13.8. The van der Waals surface area contributed by atoms with Crippen molar-refractivity contribution < 1.29 is 9.69 Å². The predicted molar refractivity (Wildman–Crippen MR) is 87.9 cm³/mol. The second kappa shape index (κ2) is 7.08. The molecule has 0 bridgehead atoms. The van der Waals surface area contributed by atoms with Crippen LogP contribution < -0.4 is 10.2 Å². The van der Waals surface area contributed by atoms with Crippen LogP contribution in [0.25, 0.3) is 0 Å². The monoisotopic (exact) mass is 289 g/mol. The first-order valence-corrected chi connectivity index (χ1v) is 8.23. The Kier molecular flexibility index (Phi) is 5.40. The van der Waals surface area contributed by atoms with E-state index in [1.165, 1.54) is 29.7 Å². The summed E-state index contributed by atoms with van der Waals surface area (Å²) >= 11 is 0. The third-order valence-corrected chi connectivity index (χ3v) is 4.66. The Morgan fingerprint density at radius 2 is 2.14 bits per heavy atom. The third kappa shape index (κ3) is 4.07. The Morgan fingerprint density at radius 3 is 2.81 bits per heavy atom. The van der Waals surface area contributed by atoms with Crippen molar-refractivity contribution in [1.82, 2.24) is 0 Å². The first kappa shape index (κ1) is 16.0. The van der Waals surface area contributed by atoms with Gasteiger partial charge in [-0.1, -0.05) is 32.0 Å². The van der Waals surface area contributed by atoms with E-state index in [4.69, 9.17) is 0 Å². The molecule has 0 aliphatic carbocycles. The van der Waals surface area contributed by atoms with E-state index in [1.807, 2.05) is 0 Å². The Labute approximate surface area is 128 Å². The van der Waals surface area contributed by atoms with Crippen molar-refractivity contribution >= 4 is 11.6 Å². The maximum Gasteiger partial charge on any atom is 0.279 e. The molecule has 2 N–H and O–H groups in total. The predicted octanol–water partition coefficient (Wildman–Crippen LogP) is 2.51. The summed E-state index contributed by atoms with van der Waals surface area (Å²) < 4.78 is 0. The summed E-state index contributed by atoms with van der Waals surface area (Å²) in [6.07, 6.45) is 3.79. The molecule has 1 fully saturated rings. The lowest BCUT2D eigenvalue weighted by molar-refractivity contribution is -0.920. The van der Waals surface area contributed by atoms with Crippen molar-refractivity contribution in [2.24, 2.45) is 0 Å². The van der Waals surface area contributed by atoms with Gasteiger partial charge in [-0.3, -0.25) is 4.79 Å². The average molecular weight is 289 g/mol. The Balaban J connectivity index is 2.06. The van der Waals surface area contributed by atoms with E-state index in [0.29, 0.717) is 18.5 Å². The molecule has 1 aromatic rings. The molecule has 2 atom stereocenters. The van der Waals surface area contributed by atoms with E-state index in [-0.39, 0.29) is 5.91 Å². The highest BCUT2D eigenvalue weighted by atomic mass is 16.2. The molecule has 1 unspecified atom stereocenters. The molecule has 116 valence electrons. The molecule has 0 spiro atoms. The first-order valence-electron chi connectivity index (χ1n) is 8.23. The molecule has 1 saturated heterocycles. The lowest BCUT2D eigenvalue weighted by Crippen LogP contribution is -3.17. The van der Waals surface area contributed by atoms with E-state index in [9.17, 15) is 4.79 Å². The van der Waals surface area contributed by atoms with Crippen molar-refractivity contribution in [1.29, 1.82) is 0 Å². The SMILES string of the molecule is Cc1cccc(C(C)C)c1NC(=O)C[NH+]1CCCC[C@H]1C. The molecular weight excluding hydrogens is 260 g/mol. The first-order chi connectivity index (χ1) is 9.99. The maximum absolute atomic E-state index is 12.4. The Morgan fingerprint density at radius 1 is 1.38 bits per heavy atom. The third-order valence-electron chi connectivity index (χ3n) is 4.66. The maximum atomic E-state index is 12.4. The summed E-state index contributed by atoms with van der Waals surface area (Å²) in [4.78, 5) is 13.9. The topological polar surface area (TPSA) is 33.5 Å². The number of hydrogen-bond acceptors (Lipinski definition) is 1. The van der Waals surface area contributed by atoms with Gasteiger partial charge in [0.05, 0.1) is 12.6 Å². The van der Waals surface area contributed by atoms with Crippen LogP contribution in [0.2, 0.25) is 0 Å². The van der Waals surface area contributed by atoms with Crippen molar-refractivity contribution in [2.75, 3.05) is 18.4 Å². The molecule has 1 aliphatic rings. The molecule has 1 aromatic carbocycles. The number of nitrogens with one attached hydrogen (secondary N) is 2. The molecule has 1 amide bonds. The Hall–Kier alpha value is -1.35. The number of rotatable bonds is 4. The minimum Gasteiger partial charge on any atom is -0.325 e. The second-order valence-corrected chi connectivity index (χ2v) is 6.72. The lowest BCUT2D eigenvalue weighted by Gasteiger charge is -2.29. The number of quaternary nitrogens is 1. The van der Waals surface area contributed by atoms with Gasteiger partial charge >= 0.3 is 0 Å². The van der Waals surface area contributed by atoms with E-state index >= 15 is 0 Å². The number of benzene rings is 1. The second-order valence-electron chi connectivity index (χ2n) is 6.72. The molecule has 1 aliphatic heterocycles. The number of para-hydroxylation sites is 1. The Bertz CT molecular complexity index is 496. The van der Waals surface area contributed by atoms with Crippen LogP contribution in [0.15, 0.2) is 18.2 Å². The zero-order chi connectivity index (χ0) is 15.4. The van der Waals surface area contributed by atoms with E-state index in [2.05, 4.69) is 51.2 Å². The lowest BCUT2D eigenvalue weighted by atomic mass is 9.98. The molecular formula is C18H29N2O+. The average Bonchev–Trinajstić information content (AvgIpc) is 2.43. The van der Waals surface area contributed by atoms with Crippen LogP contribution in [-0.2, 0) is 4.79 Å². The number of carbonyl (C=O) groups excluding carboxylic acids is 1. The fourth-order valence-corrected chi connectivity index (χ4v) is 3.25. The highest BCUT2D eigenvalue weighted by Gasteiger charge is 2.24. The summed E-state index contributed by atoms with van der Waals surface area (Å²) in [5.74, 6) is 0.566. The summed E-state index contributed by atoms with van der Waals surface area (Å²) in [5, 5.41) is 3.17. The normalized spacial score (nSPS) is 22.3.